The molecule has 4 heteroatoms. The number of anilines is 1. The summed E-state index contributed by atoms with van der Waals surface area (Å²) in [6.45, 7) is 2.10. The number of rotatable bonds is 3. The number of aromatic nitrogens is 2. The van der Waals surface area contributed by atoms with E-state index in [1.54, 1.807) is 0 Å². The lowest BCUT2D eigenvalue weighted by Gasteiger charge is -2.10. The van der Waals surface area contributed by atoms with E-state index in [1.807, 2.05) is 12.4 Å². The zero-order valence-electron chi connectivity index (χ0n) is 9.65. The van der Waals surface area contributed by atoms with Gasteiger partial charge in [0.25, 0.3) is 0 Å². The third-order valence-electron chi connectivity index (χ3n) is 2.97. The SMILES string of the molecule is Cc1cc(-n2ccnc2NC2CC2)ccc1Br. The first-order valence-electron chi connectivity index (χ1n) is 5.80. The first-order chi connectivity index (χ1) is 8.24. The standard InChI is InChI=1S/C13H14BrN3/c1-9-8-11(4-5-12(9)14)17-7-6-15-13(17)16-10-2-3-10/h4-8,10H,2-3H2,1H3,(H,15,16). The Morgan fingerprint density at radius 2 is 2.24 bits per heavy atom. The van der Waals surface area contributed by atoms with Gasteiger partial charge in [-0.3, -0.25) is 4.57 Å². The molecule has 1 fully saturated rings. The molecule has 3 nitrogen and oxygen atoms in total. The highest BCUT2D eigenvalue weighted by molar-refractivity contribution is 9.10. The number of nitrogens with zero attached hydrogens (tertiary/aromatic N) is 2. The van der Waals surface area contributed by atoms with Crippen LogP contribution in [-0.4, -0.2) is 15.6 Å². The van der Waals surface area contributed by atoms with Crippen LogP contribution in [0.1, 0.15) is 18.4 Å². The van der Waals surface area contributed by atoms with Gasteiger partial charge in [0.2, 0.25) is 5.95 Å². The molecule has 0 bridgehead atoms. The van der Waals surface area contributed by atoms with E-state index < -0.39 is 0 Å². The number of hydrogen-bond donors (Lipinski definition) is 1. The van der Waals surface area contributed by atoms with Crippen molar-refractivity contribution < 1.29 is 0 Å². The number of aryl methyl sites for hydroxylation is 1. The van der Waals surface area contributed by atoms with Crippen molar-refractivity contribution in [3.8, 4) is 5.69 Å². The Morgan fingerprint density at radius 3 is 2.94 bits per heavy atom. The van der Waals surface area contributed by atoms with E-state index in [4.69, 9.17) is 0 Å². The lowest BCUT2D eigenvalue weighted by Crippen LogP contribution is -2.07. The molecule has 0 spiro atoms. The van der Waals surface area contributed by atoms with Crippen molar-refractivity contribution in [3.63, 3.8) is 0 Å². The fourth-order valence-corrected chi connectivity index (χ4v) is 2.05. The molecular formula is C13H14BrN3. The van der Waals surface area contributed by atoms with Gasteiger partial charge in [0.1, 0.15) is 0 Å². The highest BCUT2D eigenvalue weighted by atomic mass is 79.9. The summed E-state index contributed by atoms with van der Waals surface area (Å²) in [7, 11) is 0. The predicted octanol–water partition coefficient (Wildman–Crippen LogP) is 3.52. The zero-order chi connectivity index (χ0) is 11.8. The van der Waals surface area contributed by atoms with Gasteiger partial charge in [0.05, 0.1) is 0 Å². The molecule has 17 heavy (non-hydrogen) atoms. The third kappa shape index (κ3) is 2.22. The van der Waals surface area contributed by atoms with Gasteiger partial charge in [-0.1, -0.05) is 15.9 Å². The molecule has 1 aliphatic rings. The summed E-state index contributed by atoms with van der Waals surface area (Å²) >= 11 is 3.52. The largest absolute Gasteiger partial charge is 0.353 e. The molecule has 0 atom stereocenters. The van der Waals surface area contributed by atoms with E-state index in [0.717, 1.165) is 16.1 Å². The Balaban J connectivity index is 1.96. The monoisotopic (exact) mass is 291 g/mol. The first kappa shape index (κ1) is 10.8. The summed E-state index contributed by atoms with van der Waals surface area (Å²) in [4.78, 5) is 4.36. The molecule has 88 valence electrons. The number of halogens is 1. The third-order valence-corrected chi connectivity index (χ3v) is 3.86. The van der Waals surface area contributed by atoms with Crippen molar-refractivity contribution in [2.24, 2.45) is 0 Å². The molecule has 0 amide bonds. The van der Waals surface area contributed by atoms with E-state index >= 15 is 0 Å². The molecule has 1 N–H and O–H groups in total. The van der Waals surface area contributed by atoms with Crippen LogP contribution in [-0.2, 0) is 0 Å². The molecule has 3 rings (SSSR count). The molecular weight excluding hydrogens is 278 g/mol. The number of nitrogens with one attached hydrogen (secondary N) is 1. The summed E-state index contributed by atoms with van der Waals surface area (Å²) < 4.78 is 3.23. The van der Waals surface area contributed by atoms with Crippen LogP contribution in [0.25, 0.3) is 5.69 Å². The van der Waals surface area contributed by atoms with Gasteiger partial charge < -0.3 is 5.32 Å². The van der Waals surface area contributed by atoms with Gasteiger partial charge >= 0.3 is 0 Å². The van der Waals surface area contributed by atoms with Crippen molar-refractivity contribution in [2.45, 2.75) is 25.8 Å². The maximum Gasteiger partial charge on any atom is 0.207 e. The van der Waals surface area contributed by atoms with Crippen LogP contribution in [0.15, 0.2) is 35.1 Å². The average molecular weight is 292 g/mol. The summed E-state index contributed by atoms with van der Waals surface area (Å²) in [6, 6.07) is 6.94. The van der Waals surface area contributed by atoms with Crippen LogP contribution in [0.3, 0.4) is 0 Å². The van der Waals surface area contributed by atoms with Gasteiger partial charge in [0.15, 0.2) is 0 Å². The van der Waals surface area contributed by atoms with E-state index in [0.29, 0.717) is 6.04 Å². The van der Waals surface area contributed by atoms with E-state index in [9.17, 15) is 0 Å². The summed E-state index contributed by atoms with van der Waals surface area (Å²) in [5.41, 5.74) is 2.37. The number of imidazole rings is 1. The Morgan fingerprint density at radius 1 is 1.41 bits per heavy atom. The smallest absolute Gasteiger partial charge is 0.207 e. The molecule has 0 unspecified atom stereocenters. The first-order valence-corrected chi connectivity index (χ1v) is 6.60. The van der Waals surface area contributed by atoms with Gasteiger partial charge in [0, 0.05) is 28.6 Å². The maximum atomic E-state index is 4.36. The maximum absolute atomic E-state index is 4.36. The van der Waals surface area contributed by atoms with Gasteiger partial charge in [-0.2, -0.15) is 0 Å². The topological polar surface area (TPSA) is 29.9 Å². The van der Waals surface area contributed by atoms with E-state index in [1.165, 1.54) is 18.4 Å². The molecule has 1 aromatic carbocycles. The molecule has 1 aliphatic carbocycles. The molecule has 0 aliphatic heterocycles. The quantitative estimate of drug-likeness (QED) is 0.938. The Hall–Kier alpha value is -1.29. The Bertz CT molecular complexity index is 543. The number of benzene rings is 1. The highest BCUT2D eigenvalue weighted by Gasteiger charge is 2.22. The van der Waals surface area contributed by atoms with Crippen LogP contribution >= 0.6 is 15.9 Å². The minimum atomic E-state index is 0.618. The van der Waals surface area contributed by atoms with Gasteiger partial charge in [-0.05, 0) is 43.5 Å². The second kappa shape index (κ2) is 4.18. The fraction of sp³-hybridized carbons (Fsp3) is 0.308. The molecule has 0 radical (unpaired) electrons. The highest BCUT2D eigenvalue weighted by Crippen LogP contribution is 2.26. The normalized spacial score (nSPS) is 14.9. The second-order valence-electron chi connectivity index (χ2n) is 4.47. The number of hydrogen-bond acceptors (Lipinski definition) is 2. The van der Waals surface area contributed by atoms with E-state index in [2.05, 4.69) is 55.9 Å². The van der Waals surface area contributed by atoms with Crippen LogP contribution < -0.4 is 5.32 Å². The van der Waals surface area contributed by atoms with Crippen LogP contribution in [0.4, 0.5) is 5.95 Å². The molecule has 2 aromatic rings. The molecule has 0 saturated heterocycles. The van der Waals surface area contributed by atoms with Gasteiger partial charge in [-0.15, -0.1) is 0 Å². The predicted molar refractivity (Wildman–Crippen MR) is 72.6 cm³/mol. The minimum absolute atomic E-state index is 0.618. The minimum Gasteiger partial charge on any atom is -0.353 e. The Kier molecular flexibility index (Phi) is 2.67. The van der Waals surface area contributed by atoms with E-state index in [-0.39, 0.29) is 0 Å². The lowest BCUT2D eigenvalue weighted by atomic mass is 10.2. The van der Waals surface area contributed by atoms with Crippen LogP contribution in [0.2, 0.25) is 0 Å². The molecule has 1 saturated carbocycles. The van der Waals surface area contributed by atoms with Crippen molar-refractivity contribution in [2.75, 3.05) is 5.32 Å². The van der Waals surface area contributed by atoms with Crippen molar-refractivity contribution in [3.05, 3.63) is 40.6 Å². The summed E-state index contributed by atoms with van der Waals surface area (Å²) in [5.74, 6) is 0.939. The second-order valence-corrected chi connectivity index (χ2v) is 5.33. The summed E-state index contributed by atoms with van der Waals surface area (Å²) in [5, 5.41) is 3.44. The van der Waals surface area contributed by atoms with Crippen LogP contribution in [0, 0.1) is 6.92 Å². The van der Waals surface area contributed by atoms with Crippen molar-refractivity contribution in [1.29, 1.82) is 0 Å². The molecule has 1 heterocycles. The van der Waals surface area contributed by atoms with Crippen LogP contribution in [0.5, 0.6) is 0 Å². The Labute approximate surface area is 109 Å². The lowest BCUT2D eigenvalue weighted by molar-refractivity contribution is 1.00. The molecule has 1 aromatic heterocycles. The van der Waals surface area contributed by atoms with Gasteiger partial charge in [-0.25, -0.2) is 4.98 Å². The average Bonchev–Trinajstić information content (AvgIpc) is 3.00. The fourth-order valence-electron chi connectivity index (χ4n) is 1.81. The summed E-state index contributed by atoms with van der Waals surface area (Å²) in [6.07, 6.45) is 6.34. The van der Waals surface area contributed by atoms with Crippen molar-refractivity contribution >= 4 is 21.9 Å². The van der Waals surface area contributed by atoms with Crippen molar-refractivity contribution in [1.82, 2.24) is 9.55 Å². The zero-order valence-corrected chi connectivity index (χ0v) is 11.2.